The molecule has 0 amide bonds. The lowest BCUT2D eigenvalue weighted by molar-refractivity contribution is -0.146. The third-order valence-corrected chi connectivity index (χ3v) is 2.21. The second-order valence-corrected chi connectivity index (χ2v) is 3.15. The van der Waals surface area contributed by atoms with Crippen LogP contribution < -0.4 is 0 Å². The van der Waals surface area contributed by atoms with Crippen molar-refractivity contribution in [3.8, 4) is 0 Å². The molecule has 1 atom stereocenters. The summed E-state index contributed by atoms with van der Waals surface area (Å²) in [6, 6.07) is 4.33. The van der Waals surface area contributed by atoms with Crippen LogP contribution in [-0.2, 0) is 4.79 Å². The molecule has 3 N–H and O–H groups in total. The second kappa shape index (κ2) is 3.36. The zero-order valence-corrected chi connectivity index (χ0v) is 7.57. The summed E-state index contributed by atoms with van der Waals surface area (Å²) in [7, 11) is 0. The van der Waals surface area contributed by atoms with E-state index < -0.39 is 17.9 Å². The first-order valence-corrected chi connectivity index (χ1v) is 4.27. The highest BCUT2D eigenvalue weighted by atomic mass is 19.1. The summed E-state index contributed by atoms with van der Waals surface area (Å²) in [6.45, 7) is 0. The standard InChI is InChI=1S/C10H8FNO3/c11-6-2-1-3-7-8(6)5(4-12-7)9(13)10(14)15/h1-4,9,12-13H,(H,14,15). The van der Waals surface area contributed by atoms with Crippen molar-refractivity contribution in [3.63, 3.8) is 0 Å². The Labute approximate surface area is 84.0 Å². The number of halogens is 1. The van der Waals surface area contributed by atoms with Gasteiger partial charge < -0.3 is 15.2 Å². The van der Waals surface area contributed by atoms with Crippen LogP contribution in [0.15, 0.2) is 24.4 Å². The van der Waals surface area contributed by atoms with Crippen molar-refractivity contribution in [1.82, 2.24) is 4.98 Å². The number of aromatic nitrogens is 1. The molecule has 0 bridgehead atoms. The summed E-state index contributed by atoms with van der Waals surface area (Å²) in [6.07, 6.45) is -0.414. The number of hydrogen-bond donors (Lipinski definition) is 3. The molecule has 0 aliphatic carbocycles. The van der Waals surface area contributed by atoms with Crippen LogP contribution in [-0.4, -0.2) is 21.2 Å². The number of benzene rings is 1. The van der Waals surface area contributed by atoms with E-state index in [1.54, 1.807) is 6.07 Å². The number of carboxylic acid groups (broad SMARTS) is 1. The molecule has 0 spiro atoms. The molecule has 4 nitrogen and oxygen atoms in total. The molecule has 5 heteroatoms. The van der Waals surface area contributed by atoms with Crippen LogP contribution in [0, 0.1) is 5.82 Å². The molecule has 0 aliphatic rings. The molecule has 1 unspecified atom stereocenters. The number of aliphatic hydroxyl groups excluding tert-OH is 1. The molecular weight excluding hydrogens is 201 g/mol. The normalized spacial score (nSPS) is 12.9. The number of nitrogens with one attached hydrogen (secondary N) is 1. The maximum absolute atomic E-state index is 13.4. The van der Waals surface area contributed by atoms with Crippen LogP contribution in [0.4, 0.5) is 4.39 Å². The van der Waals surface area contributed by atoms with Crippen molar-refractivity contribution in [3.05, 3.63) is 35.8 Å². The first-order valence-electron chi connectivity index (χ1n) is 4.27. The van der Waals surface area contributed by atoms with Gasteiger partial charge in [-0.25, -0.2) is 9.18 Å². The fraction of sp³-hybridized carbons (Fsp3) is 0.100. The lowest BCUT2D eigenvalue weighted by atomic mass is 10.1. The zero-order valence-electron chi connectivity index (χ0n) is 7.57. The molecule has 1 aromatic carbocycles. The number of aromatic amines is 1. The first-order chi connectivity index (χ1) is 7.11. The van der Waals surface area contributed by atoms with E-state index in [1.807, 2.05) is 0 Å². The number of fused-ring (bicyclic) bond motifs is 1. The van der Waals surface area contributed by atoms with Gasteiger partial charge in [-0.3, -0.25) is 0 Å². The number of carboxylic acids is 1. The third kappa shape index (κ3) is 1.46. The Morgan fingerprint density at radius 2 is 2.20 bits per heavy atom. The van der Waals surface area contributed by atoms with Crippen molar-refractivity contribution >= 4 is 16.9 Å². The molecule has 1 heterocycles. The average Bonchev–Trinajstić information content (AvgIpc) is 2.61. The topological polar surface area (TPSA) is 73.3 Å². The third-order valence-electron chi connectivity index (χ3n) is 2.21. The van der Waals surface area contributed by atoms with Crippen LogP contribution in [0.5, 0.6) is 0 Å². The van der Waals surface area contributed by atoms with Gasteiger partial charge in [0, 0.05) is 22.7 Å². The highest BCUT2D eigenvalue weighted by molar-refractivity contribution is 5.88. The van der Waals surface area contributed by atoms with Crippen molar-refractivity contribution in [2.24, 2.45) is 0 Å². The van der Waals surface area contributed by atoms with Gasteiger partial charge in [0.25, 0.3) is 0 Å². The van der Waals surface area contributed by atoms with Crippen LogP contribution in [0.3, 0.4) is 0 Å². The molecule has 0 saturated carbocycles. The summed E-state index contributed by atoms with van der Waals surface area (Å²) in [5.74, 6) is -1.96. The van der Waals surface area contributed by atoms with Gasteiger partial charge in [-0.05, 0) is 12.1 Å². The minimum absolute atomic E-state index is 0.0376. The van der Waals surface area contributed by atoms with Crippen molar-refractivity contribution in [2.45, 2.75) is 6.10 Å². The van der Waals surface area contributed by atoms with Gasteiger partial charge in [0.15, 0.2) is 6.10 Å². The van der Waals surface area contributed by atoms with Gasteiger partial charge in [0.1, 0.15) is 5.82 Å². The minimum Gasteiger partial charge on any atom is -0.479 e. The zero-order chi connectivity index (χ0) is 11.0. The number of carbonyl (C=O) groups is 1. The monoisotopic (exact) mass is 209 g/mol. The van der Waals surface area contributed by atoms with E-state index in [1.165, 1.54) is 18.3 Å². The summed E-state index contributed by atoms with van der Waals surface area (Å²) in [4.78, 5) is 13.3. The number of aliphatic carboxylic acids is 1. The first kappa shape index (κ1) is 9.67. The van der Waals surface area contributed by atoms with E-state index in [4.69, 9.17) is 5.11 Å². The molecule has 2 aromatic rings. The van der Waals surface area contributed by atoms with Crippen LogP contribution in [0.1, 0.15) is 11.7 Å². The summed E-state index contributed by atoms with van der Waals surface area (Å²) >= 11 is 0. The van der Waals surface area contributed by atoms with Gasteiger partial charge in [-0.1, -0.05) is 6.07 Å². The summed E-state index contributed by atoms with van der Waals surface area (Å²) in [5.41, 5.74) is 0.501. The minimum atomic E-state index is -1.71. The molecule has 78 valence electrons. The Bertz CT molecular complexity index is 520. The largest absolute Gasteiger partial charge is 0.479 e. The fourth-order valence-corrected chi connectivity index (χ4v) is 1.51. The lowest BCUT2D eigenvalue weighted by Crippen LogP contribution is -2.10. The van der Waals surface area contributed by atoms with Crippen molar-refractivity contribution in [2.75, 3.05) is 0 Å². The van der Waals surface area contributed by atoms with E-state index in [0.717, 1.165) is 0 Å². The van der Waals surface area contributed by atoms with E-state index in [9.17, 15) is 14.3 Å². The molecular formula is C10H8FNO3. The van der Waals surface area contributed by atoms with Gasteiger partial charge >= 0.3 is 5.97 Å². The number of rotatable bonds is 2. The van der Waals surface area contributed by atoms with Gasteiger partial charge in [-0.2, -0.15) is 0 Å². The maximum Gasteiger partial charge on any atom is 0.337 e. The Hall–Kier alpha value is -1.88. The Morgan fingerprint density at radius 3 is 2.87 bits per heavy atom. The van der Waals surface area contributed by atoms with Gasteiger partial charge in [0.2, 0.25) is 0 Å². The predicted octanol–water partition coefficient (Wildman–Crippen LogP) is 1.43. The summed E-state index contributed by atoms with van der Waals surface area (Å²) in [5, 5.41) is 18.1. The van der Waals surface area contributed by atoms with Crippen molar-refractivity contribution in [1.29, 1.82) is 0 Å². The van der Waals surface area contributed by atoms with E-state index >= 15 is 0 Å². The van der Waals surface area contributed by atoms with Gasteiger partial charge in [-0.15, -0.1) is 0 Å². The SMILES string of the molecule is O=C(O)C(O)c1c[nH]c2cccc(F)c12. The average molecular weight is 209 g/mol. The van der Waals surface area contributed by atoms with Crippen molar-refractivity contribution < 1.29 is 19.4 Å². The smallest absolute Gasteiger partial charge is 0.337 e. The number of aliphatic hydroxyl groups is 1. The Kier molecular flexibility index (Phi) is 2.17. The molecule has 0 aliphatic heterocycles. The molecule has 2 rings (SSSR count). The molecule has 15 heavy (non-hydrogen) atoms. The summed E-state index contributed by atoms with van der Waals surface area (Å²) < 4.78 is 13.4. The molecule has 1 aromatic heterocycles. The van der Waals surface area contributed by atoms with E-state index in [2.05, 4.69) is 4.98 Å². The van der Waals surface area contributed by atoms with E-state index in [-0.39, 0.29) is 10.9 Å². The molecule has 0 radical (unpaired) electrons. The lowest BCUT2D eigenvalue weighted by Gasteiger charge is -2.03. The maximum atomic E-state index is 13.4. The number of H-pyrrole nitrogens is 1. The van der Waals surface area contributed by atoms with Crippen LogP contribution in [0.25, 0.3) is 10.9 Å². The Morgan fingerprint density at radius 1 is 1.47 bits per heavy atom. The highest BCUT2D eigenvalue weighted by Crippen LogP contribution is 2.26. The molecule has 0 fully saturated rings. The van der Waals surface area contributed by atoms with E-state index in [0.29, 0.717) is 5.52 Å². The Balaban J connectivity index is 2.67. The fourth-order valence-electron chi connectivity index (χ4n) is 1.51. The van der Waals surface area contributed by atoms with Crippen LogP contribution in [0.2, 0.25) is 0 Å². The predicted molar refractivity (Wildman–Crippen MR) is 50.9 cm³/mol. The highest BCUT2D eigenvalue weighted by Gasteiger charge is 2.21. The molecule has 0 saturated heterocycles. The number of hydrogen-bond acceptors (Lipinski definition) is 2. The quantitative estimate of drug-likeness (QED) is 0.700. The van der Waals surface area contributed by atoms with Crippen LogP contribution >= 0.6 is 0 Å². The van der Waals surface area contributed by atoms with Gasteiger partial charge in [0.05, 0.1) is 0 Å². The second-order valence-electron chi connectivity index (χ2n) is 3.15.